The summed E-state index contributed by atoms with van der Waals surface area (Å²) in [6.07, 6.45) is 2.52. The van der Waals surface area contributed by atoms with Crippen LogP contribution in [0.1, 0.15) is 38.7 Å². The molecule has 0 unspecified atom stereocenters. The highest BCUT2D eigenvalue weighted by atomic mass is 19.1. The monoisotopic (exact) mass is 265 g/mol. The molecule has 0 amide bonds. The Kier molecular flexibility index (Phi) is 5.78. The van der Waals surface area contributed by atoms with Crippen molar-refractivity contribution in [1.82, 2.24) is 0 Å². The van der Waals surface area contributed by atoms with Crippen LogP contribution in [0.15, 0.2) is 18.2 Å². The molecule has 4 heteroatoms. The van der Waals surface area contributed by atoms with Crippen molar-refractivity contribution in [2.24, 2.45) is 5.41 Å². The van der Waals surface area contributed by atoms with Gasteiger partial charge in [0.1, 0.15) is 11.6 Å². The molecule has 0 heterocycles. The van der Waals surface area contributed by atoms with Gasteiger partial charge in [-0.1, -0.05) is 0 Å². The highest BCUT2D eigenvalue weighted by molar-refractivity contribution is 5.29. The van der Waals surface area contributed by atoms with Crippen LogP contribution in [0.3, 0.4) is 0 Å². The first kappa shape index (κ1) is 15.5. The van der Waals surface area contributed by atoms with Gasteiger partial charge in [-0.3, -0.25) is 0 Å². The average molecular weight is 265 g/mol. The summed E-state index contributed by atoms with van der Waals surface area (Å²) in [5, 5.41) is 17.8. The van der Waals surface area contributed by atoms with Crippen LogP contribution in [-0.4, -0.2) is 11.7 Å². The van der Waals surface area contributed by atoms with E-state index in [4.69, 9.17) is 15.1 Å². The van der Waals surface area contributed by atoms with Gasteiger partial charge in [-0.15, -0.1) is 0 Å². The van der Waals surface area contributed by atoms with Crippen LogP contribution in [-0.2, 0) is 6.61 Å². The molecule has 0 radical (unpaired) electrons. The third-order valence-electron chi connectivity index (χ3n) is 2.88. The third kappa shape index (κ3) is 5.71. The Bertz CT molecular complexity index is 452. The molecule has 3 nitrogen and oxygen atoms in total. The van der Waals surface area contributed by atoms with E-state index in [1.807, 2.05) is 13.8 Å². The normalized spacial score (nSPS) is 11.1. The summed E-state index contributed by atoms with van der Waals surface area (Å²) in [5.74, 6) is 0.0238. The van der Waals surface area contributed by atoms with Gasteiger partial charge < -0.3 is 9.84 Å². The lowest BCUT2D eigenvalue weighted by Crippen LogP contribution is -2.08. The van der Waals surface area contributed by atoms with Crippen molar-refractivity contribution >= 4 is 0 Å². The average Bonchev–Trinajstić information content (AvgIpc) is 2.37. The summed E-state index contributed by atoms with van der Waals surface area (Å²) in [4.78, 5) is 0. The van der Waals surface area contributed by atoms with E-state index in [1.54, 1.807) is 6.07 Å². The number of aliphatic hydroxyl groups excluding tert-OH is 1. The maximum absolute atomic E-state index is 13.2. The number of halogens is 1. The van der Waals surface area contributed by atoms with E-state index in [1.165, 1.54) is 12.1 Å². The van der Waals surface area contributed by atoms with Crippen molar-refractivity contribution in [3.05, 3.63) is 29.6 Å². The van der Waals surface area contributed by atoms with Crippen LogP contribution in [0.4, 0.5) is 4.39 Å². The fourth-order valence-electron chi connectivity index (χ4n) is 1.71. The summed E-state index contributed by atoms with van der Waals surface area (Å²) in [6, 6.07) is 6.47. The summed E-state index contributed by atoms with van der Waals surface area (Å²) in [5.41, 5.74) is 0.198. The maximum atomic E-state index is 13.2. The van der Waals surface area contributed by atoms with Crippen LogP contribution < -0.4 is 4.74 Å². The van der Waals surface area contributed by atoms with Crippen LogP contribution >= 0.6 is 0 Å². The van der Waals surface area contributed by atoms with Crippen LogP contribution in [0.25, 0.3) is 0 Å². The number of hydrogen-bond donors (Lipinski definition) is 1. The van der Waals surface area contributed by atoms with E-state index in [9.17, 15) is 4.39 Å². The Morgan fingerprint density at radius 2 is 2.05 bits per heavy atom. The molecule has 0 fully saturated rings. The lowest BCUT2D eigenvalue weighted by molar-refractivity contribution is 0.275. The third-order valence-corrected chi connectivity index (χ3v) is 2.88. The minimum Gasteiger partial charge on any atom is -0.493 e. The zero-order chi connectivity index (χ0) is 14.3. The Labute approximate surface area is 113 Å². The quantitative estimate of drug-likeness (QED) is 0.768. The van der Waals surface area contributed by atoms with E-state index in [0.29, 0.717) is 17.9 Å². The summed E-state index contributed by atoms with van der Waals surface area (Å²) < 4.78 is 18.6. The molecule has 104 valence electrons. The highest BCUT2D eigenvalue weighted by Gasteiger charge is 2.15. The number of aliphatic hydroxyl groups is 1. The second kappa shape index (κ2) is 7.10. The molecule has 19 heavy (non-hydrogen) atoms. The van der Waals surface area contributed by atoms with Crippen molar-refractivity contribution in [1.29, 1.82) is 5.26 Å². The fourth-order valence-corrected chi connectivity index (χ4v) is 1.71. The summed E-state index contributed by atoms with van der Waals surface area (Å²) >= 11 is 0. The van der Waals surface area contributed by atoms with Gasteiger partial charge in [0.05, 0.1) is 24.7 Å². The molecule has 1 aromatic carbocycles. The van der Waals surface area contributed by atoms with Gasteiger partial charge in [-0.2, -0.15) is 5.26 Å². The molecule has 1 aromatic rings. The molecule has 0 aromatic heterocycles. The van der Waals surface area contributed by atoms with E-state index in [2.05, 4.69) is 6.07 Å². The van der Waals surface area contributed by atoms with Crippen molar-refractivity contribution in [2.75, 3.05) is 6.61 Å². The van der Waals surface area contributed by atoms with Gasteiger partial charge in [0.15, 0.2) is 0 Å². The molecule has 0 aliphatic carbocycles. The number of nitriles is 1. The first-order chi connectivity index (χ1) is 8.96. The summed E-state index contributed by atoms with van der Waals surface area (Å²) in [7, 11) is 0. The van der Waals surface area contributed by atoms with Crippen LogP contribution in [0.5, 0.6) is 5.75 Å². The zero-order valence-electron chi connectivity index (χ0n) is 11.4. The number of unbranched alkanes of at least 4 members (excludes halogenated alkanes) is 1. The number of benzene rings is 1. The SMILES string of the molecule is CC(C)(C#N)CCCCOc1cc(F)cc(CO)c1. The van der Waals surface area contributed by atoms with Gasteiger partial charge in [-0.05, 0) is 50.8 Å². The molecule has 0 atom stereocenters. The molecule has 0 aliphatic rings. The highest BCUT2D eigenvalue weighted by Crippen LogP contribution is 2.22. The molecule has 0 aliphatic heterocycles. The van der Waals surface area contributed by atoms with E-state index >= 15 is 0 Å². The first-order valence-corrected chi connectivity index (χ1v) is 6.41. The maximum Gasteiger partial charge on any atom is 0.127 e. The molecule has 0 saturated carbocycles. The molecule has 0 bridgehead atoms. The van der Waals surface area contributed by atoms with Crippen molar-refractivity contribution in [3.8, 4) is 11.8 Å². The molecule has 0 saturated heterocycles. The van der Waals surface area contributed by atoms with Gasteiger partial charge >= 0.3 is 0 Å². The molecular weight excluding hydrogens is 245 g/mol. The fraction of sp³-hybridized carbons (Fsp3) is 0.533. The second-order valence-electron chi connectivity index (χ2n) is 5.25. The minimum atomic E-state index is -0.410. The molecular formula is C15H20FNO2. The van der Waals surface area contributed by atoms with E-state index in [0.717, 1.165) is 19.3 Å². The van der Waals surface area contributed by atoms with Gasteiger partial charge in [0.2, 0.25) is 0 Å². The Hall–Kier alpha value is -1.60. The molecule has 1 N–H and O–H groups in total. The van der Waals surface area contributed by atoms with Crippen molar-refractivity contribution < 1.29 is 14.2 Å². The molecule has 0 spiro atoms. The lowest BCUT2D eigenvalue weighted by Gasteiger charge is -2.14. The zero-order valence-corrected chi connectivity index (χ0v) is 11.4. The number of ether oxygens (including phenoxy) is 1. The Morgan fingerprint density at radius 1 is 1.32 bits per heavy atom. The van der Waals surface area contributed by atoms with Crippen LogP contribution in [0, 0.1) is 22.6 Å². The van der Waals surface area contributed by atoms with Gasteiger partial charge in [0.25, 0.3) is 0 Å². The summed E-state index contributed by atoms with van der Waals surface area (Å²) in [6.45, 7) is 4.10. The number of nitrogens with zero attached hydrogens (tertiary/aromatic N) is 1. The lowest BCUT2D eigenvalue weighted by atomic mass is 9.89. The van der Waals surface area contributed by atoms with Gasteiger partial charge in [-0.25, -0.2) is 4.39 Å². The first-order valence-electron chi connectivity index (χ1n) is 6.41. The second-order valence-corrected chi connectivity index (χ2v) is 5.25. The smallest absolute Gasteiger partial charge is 0.127 e. The Morgan fingerprint density at radius 3 is 2.68 bits per heavy atom. The Balaban J connectivity index is 2.34. The van der Waals surface area contributed by atoms with Gasteiger partial charge in [0, 0.05) is 6.07 Å². The topological polar surface area (TPSA) is 53.2 Å². The minimum absolute atomic E-state index is 0.204. The molecule has 1 rings (SSSR count). The van der Waals surface area contributed by atoms with Crippen LogP contribution in [0.2, 0.25) is 0 Å². The number of hydrogen-bond acceptors (Lipinski definition) is 3. The van der Waals surface area contributed by atoms with E-state index < -0.39 is 5.82 Å². The standard InChI is InChI=1S/C15H20FNO2/c1-15(2,11-17)5-3-4-6-19-14-8-12(10-18)7-13(16)9-14/h7-9,18H,3-6,10H2,1-2H3. The largest absolute Gasteiger partial charge is 0.493 e. The van der Waals surface area contributed by atoms with E-state index in [-0.39, 0.29) is 12.0 Å². The predicted molar refractivity (Wildman–Crippen MR) is 71.1 cm³/mol. The van der Waals surface area contributed by atoms with Crippen molar-refractivity contribution in [2.45, 2.75) is 39.7 Å². The van der Waals surface area contributed by atoms with Crippen molar-refractivity contribution in [3.63, 3.8) is 0 Å². The number of rotatable bonds is 7. The predicted octanol–water partition coefficient (Wildman–Crippen LogP) is 3.42.